The molecular formula is C16H19F2N3O3S. The first-order valence-electron chi connectivity index (χ1n) is 7.91. The lowest BCUT2D eigenvalue weighted by Gasteiger charge is -2.40. The predicted octanol–water partition coefficient (Wildman–Crippen LogP) is 3.29. The van der Waals surface area contributed by atoms with Gasteiger partial charge in [0.1, 0.15) is 0 Å². The van der Waals surface area contributed by atoms with E-state index in [0.717, 1.165) is 4.88 Å². The maximum atomic E-state index is 13.2. The number of amides is 1. The molecule has 1 aliphatic rings. The molecule has 0 radical (unpaired) electrons. The van der Waals surface area contributed by atoms with E-state index in [2.05, 4.69) is 14.7 Å². The van der Waals surface area contributed by atoms with Crippen molar-refractivity contribution in [3.05, 3.63) is 22.9 Å². The summed E-state index contributed by atoms with van der Waals surface area (Å²) in [5.74, 6) is -3.69. The van der Waals surface area contributed by atoms with Gasteiger partial charge in [0.2, 0.25) is 11.7 Å². The van der Waals surface area contributed by atoms with Crippen molar-refractivity contribution in [1.82, 2.24) is 15.0 Å². The first-order chi connectivity index (χ1) is 11.7. The highest BCUT2D eigenvalue weighted by molar-refractivity contribution is 7.15. The molecule has 2 aromatic rings. The maximum Gasteiger partial charge on any atom is 0.322 e. The highest BCUT2D eigenvalue weighted by Gasteiger charge is 2.43. The van der Waals surface area contributed by atoms with E-state index >= 15 is 0 Å². The summed E-state index contributed by atoms with van der Waals surface area (Å²) in [6, 6.07) is 3.59. The maximum absolute atomic E-state index is 13.2. The fourth-order valence-corrected chi connectivity index (χ4v) is 3.46. The van der Waals surface area contributed by atoms with E-state index in [1.165, 1.54) is 11.3 Å². The van der Waals surface area contributed by atoms with Crippen molar-refractivity contribution in [2.75, 3.05) is 19.8 Å². The Kier molecular flexibility index (Phi) is 4.63. The minimum absolute atomic E-state index is 0.0590. The number of carbonyl (C=O) groups is 1. The molecule has 1 aliphatic heterocycles. The summed E-state index contributed by atoms with van der Waals surface area (Å²) in [5, 5.41) is 3.61. The summed E-state index contributed by atoms with van der Waals surface area (Å²) in [6.07, 6.45) is 0. The second kappa shape index (κ2) is 6.45. The SMILES string of the molecule is CCN(Cc1ccc(-c2noc(C(C)(F)F)n2)s1)C(=O)C1(C)COC1. The lowest BCUT2D eigenvalue weighted by atomic mass is 9.87. The number of rotatable bonds is 6. The lowest BCUT2D eigenvalue weighted by Crippen LogP contribution is -2.53. The van der Waals surface area contributed by atoms with Crippen molar-refractivity contribution in [2.45, 2.75) is 33.2 Å². The molecular weight excluding hydrogens is 352 g/mol. The Bertz CT molecular complexity index is 765. The zero-order valence-electron chi connectivity index (χ0n) is 14.2. The number of ether oxygens (including phenoxy) is 1. The Labute approximate surface area is 147 Å². The highest BCUT2D eigenvalue weighted by atomic mass is 32.1. The first-order valence-corrected chi connectivity index (χ1v) is 8.73. The van der Waals surface area contributed by atoms with E-state index in [9.17, 15) is 13.6 Å². The van der Waals surface area contributed by atoms with Crippen molar-refractivity contribution in [1.29, 1.82) is 0 Å². The smallest absolute Gasteiger partial charge is 0.322 e. The predicted molar refractivity (Wildman–Crippen MR) is 87.2 cm³/mol. The van der Waals surface area contributed by atoms with Gasteiger partial charge in [0, 0.05) is 18.3 Å². The van der Waals surface area contributed by atoms with Crippen LogP contribution in [-0.4, -0.2) is 40.7 Å². The van der Waals surface area contributed by atoms with E-state index in [4.69, 9.17) is 4.74 Å². The van der Waals surface area contributed by atoms with Gasteiger partial charge in [-0.25, -0.2) is 0 Å². The molecule has 0 atom stereocenters. The first kappa shape index (κ1) is 17.9. The summed E-state index contributed by atoms with van der Waals surface area (Å²) in [6.45, 7) is 6.43. The number of alkyl halides is 2. The third-order valence-electron chi connectivity index (χ3n) is 4.06. The zero-order chi connectivity index (χ0) is 18.2. The molecule has 3 rings (SSSR count). The van der Waals surface area contributed by atoms with Crippen molar-refractivity contribution in [3.8, 4) is 10.7 Å². The minimum Gasteiger partial charge on any atom is -0.379 e. The van der Waals surface area contributed by atoms with Crippen LogP contribution in [0.15, 0.2) is 16.7 Å². The van der Waals surface area contributed by atoms with Crippen LogP contribution in [0.4, 0.5) is 8.78 Å². The third kappa shape index (κ3) is 3.57. The van der Waals surface area contributed by atoms with Crippen molar-refractivity contribution in [2.24, 2.45) is 5.41 Å². The summed E-state index contributed by atoms with van der Waals surface area (Å²) < 4.78 is 36.2. The number of aromatic nitrogens is 2. The summed E-state index contributed by atoms with van der Waals surface area (Å²) in [7, 11) is 0. The van der Waals surface area contributed by atoms with Gasteiger partial charge in [0.25, 0.3) is 5.89 Å². The lowest BCUT2D eigenvalue weighted by molar-refractivity contribution is -0.169. The molecule has 9 heteroatoms. The van der Waals surface area contributed by atoms with Gasteiger partial charge in [-0.05, 0) is 26.0 Å². The van der Waals surface area contributed by atoms with Crippen LogP contribution in [0.5, 0.6) is 0 Å². The van der Waals surface area contributed by atoms with Crippen LogP contribution in [-0.2, 0) is 22.0 Å². The number of hydrogen-bond donors (Lipinski definition) is 0. The normalized spacial score (nSPS) is 16.5. The van der Waals surface area contributed by atoms with Crippen molar-refractivity contribution >= 4 is 17.2 Å². The molecule has 0 unspecified atom stereocenters. The van der Waals surface area contributed by atoms with Gasteiger partial charge in [0.15, 0.2) is 0 Å². The molecule has 3 heterocycles. The largest absolute Gasteiger partial charge is 0.379 e. The molecule has 0 spiro atoms. The molecule has 1 fully saturated rings. The Morgan fingerprint density at radius 2 is 2.16 bits per heavy atom. The van der Waals surface area contributed by atoms with Crippen molar-refractivity contribution in [3.63, 3.8) is 0 Å². The summed E-state index contributed by atoms with van der Waals surface area (Å²) >= 11 is 1.35. The minimum atomic E-state index is -3.17. The standard InChI is InChI=1S/C16H19F2N3O3S/c1-4-21(14(22)15(2)8-23-9-15)7-10-5-6-11(25-10)12-19-13(24-20-12)16(3,17)18/h5-6H,4,7-9H2,1-3H3. The molecule has 0 N–H and O–H groups in total. The number of hydrogen-bond acceptors (Lipinski definition) is 6. The van der Waals surface area contributed by atoms with Crippen LogP contribution in [0, 0.1) is 5.41 Å². The highest BCUT2D eigenvalue weighted by Crippen LogP contribution is 2.33. The summed E-state index contributed by atoms with van der Waals surface area (Å²) in [5.41, 5.74) is -0.453. The average Bonchev–Trinajstić information content (AvgIpc) is 3.17. The van der Waals surface area contributed by atoms with Crippen LogP contribution < -0.4 is 0 Å². The fourth-order valence-electron chi connectivity index (χ4n) is 2.51. The number of nitrogens with zero attached hydrogens (tertiary/aromatic N) is 3. The Balaban J connectivity index is 1.72. The monoisotopic (exact) mass is 371 g/mol. The Morgan fingerprint density at radius 3 is 2.68 bits per heavy atom. The van der Waals surface area contributed by atoms with Crippen LogP contribution >= 0.6 is 11.3 Å². The number of halogens is 2. The molecule has 0 aromatic carbocycles. The quantitative estimate of drug-likeness (QED) is 0.779. The van der Waals surface area contributed by atoms with Gasteiger partial charge in [-0.15, -0.1) is 11.3 Å². The van der Waals surface area contributed by atoms with Crippen molar-refractivity contribution < 1.29 is 22.8 Å². The van der Waals surface area contributed by atoms with Gasteiger partial charge in [0.05, 0.1) is 30.1 Å². The molecule has 25 heavy (non-hydrogen) atoms. The van der Waals surface area contributed by atoms with E-state index in [1.807, 2.05) is 19.9 Å². The second-order valence-corrected chi connectivity index (χ2v) is 7.62. The molecule has 0 saturated carbocycles. The fraction of sp³-hybridized carbons (Fsp3) is 0.562. The van der Waals surface area contributed by atoms with Gasteiger partial charge in [-0.1, -0.05) is 5.16 Å². The second-order valence-electron chi connectivity index (χ2n) is 6.45. The van der Waals surface area contributed by atoms with E-state index < -0.39 is 17.2 Å². The van der Waals surface area contributed by atoms with E-state index in [1.54, 1.807) is 11.0 Å². The summed E-state index contributed by atoms with van der Waals surface area (Å²) in [4.78, 5) is 19.7. The van der Waals surface area contributed by atoms with E-state index in [-0.39, 0.29) is 11.7 Å². The molecule has 1 amide bonds. The topological polar surface area (TPSA) is 68.5 Å². The molecule has 2 aromatic heterocycles. The Hall–Kier alpha value is -1.87. The van der Waals surface area contributed by atoms with Crippen LogP contribution in [0.2, 0.25) is 0 Å². The molecule has 136 valence electrons. The molecule has 1 saturated heterocycles. The van der Waals surface area contributed by atoms with Gasteiger partial charge in [-0.3, -0.25) is 4.79 Å². The average molecular weight is 371 g/mol. The Morgan fingerprint density at radius 1 is 1.44 bits per heavy atom. The molecule has 6 nitrogen and oxygen atoms in total. The number of thiophene rings is 1. The molecule has 0 aliphatic carbocycles. The number of carbonyl (C=O) groups excluding carboxylic acids is 1. The zero-order valence-corrected chi connectivity index (χ0v) is 15.0. The van der Waals surface area contributed by atoms with Crippen LogP contribution in [0.1, 0.15) is 31.5 Å². The van der Waals surface area contributed by atoms with Crippen LogP contribution in [0.3, 0.4) is 0 Å². The van der Waals surface area contributed by atoms with E-state index in [0.29, 0.717) is 38.1 Å². The van der Waals surface area contributed by atoms with Crippen LogP contribution in [0.25, 0.3) is 10.7 Å². The van der Waals surface area contributed by atoms with Gasteiger partial charge < -0.3 is 14.2 Å². The molecule has 0 bridgehead atoms. The van der Waals surface area contributed by atoms with Gasteiger partial charge in [-0.2, -0.15) is 13.8 Å². The van der Waals surface area contributed by atoms with Gasteiger partial charge >= 0.3 is 5.92 Å². The third-order valence-corrected chi connectivity index (χ3v) is 5.12.